The number of fused-ring (bicyclic) bond motifs is 1. The lowest BCUT2D eigenvalue weighted by Crippen LogP contribution is -2.54. The molecule has 1 atom stereocenters. The molecule has 0 saturated carbocycles. The smallest absolute Gasteiger partial charge is 0.0372 e. The van der Waals surface area contributed by atoms with Gasteiger partial charge in [-0.05, 0) is 37.9 Å². The molecule has 2 aliphatic rings. The summed E-state index contributed by atoms with van der Waals surface area (Å²) in [6.45, 7) is 8.15. The average Bonchev–Trinajstić information content (AvgIpc) is 2.41. The number of piperazine rings is 1. The van der Waals surface area contributed by atoms with Gasteiger partial charge in [0.1, 0.15) is 0 Å². The molecule has 98 valence electrons. The first-order valence-electron chi connectivity index (χ1n) is 7.19. The Morgan fingerprint density at radius 3 is 3.00 bits per heavy atom. The first kappa shape index (κ1) is 12.1. The van der Waals surface area contributed by atoms with Gasteiger partial charge < -0.3 is 0 Å². The van der Waals surface area contributed by atoms with Gasteiger partial charge in [-0.3, -0.25) is 14.8 Å². The highest BCUT2D eigenvalue weighted by Gasteiger charge is 2.28. The number of rotatable bonds is 2. The predicted molar refractivity (Wildman–Crippen MR) is 73.5 cm³/mol. The molecule has 0 N–H and O–H groups in total. The zero-order valence-corrected chi connectivity index (χ0v) is 11.3. The van der Waals surface area contributed by atoms with E-state index in [2.05, 4.69) is 26.9 Å². The normalized spacial score (nSPS) is 25.9. The minimum absolute atomic E-state index is 0.811. The molecule has 2 fully saturated rings. The van der Waals surface area contributed by atoms with Crippen LogP contribution < -0.4 is 0 Å². The van der Waals surface area contributed by atoms with E-state index in [0.29, 0.717) is 0 Å². The van der Waals surface area contributed by atoms with Crippen LogP contribution in [0.5, 0.6) is 0 Å². The average molecular weight is 245 g/mol. The van der Waals surface area contributed by atoms with E-state index in [1.165, 1.54) is 51.0 Å². The third kappa shape index (κ3) is 2.73. The summed E-state index contributed by atoms with van der Waals surface area (Å²) in [4.78, 5) is 9.67. The van der Waals surface area contributed by atoms with Crippen molar-refractivity contribution in [3.05, 3.63) is 29.6 Å². The fourth-order valence-corrected chi connectivity index (χ4v) is 3.21. The summed E-state index contributed by atoms with van der Waals surface area (Å²) in [6, 6.07) is 5.15. The Bertz CT molecular complexity index is 387. The summed E-state index contributed by atoms with van der Waals surface area (Å²) < 4.78 is 0. The van der Waals surface area contributed by atoms with Crippen LogP contribution in [0.2, 0.25) is 0 Å². The summed E-state index contributed by atoms with van der Waals surface area (Å²) in [5.41, 5.74) is 2.46. The van der Waals surface area contributed by atoms with Crippen molar-refractivity contribution < 1.29 is 0 Å². The Morgan fingerprint density at radius 1 is 1.22 bits per heavy atom. The number of aromatic nitrogens is 1. The van der Waals surface area contributed by atoms with Crippen LogP contribution in [0.1, 0.15) is 30.5 Å². The molecule has 18 heavy (non-hydrogen) atoms. The number of pyridine rings is 1. The second kappa shape index (κ2) is 5.37. The molecular weight excluding hydrogens is 222 g/mol. The van der Waals surface area contributed by atoms with Gasteiger partial charge in [-0.15, -0.1) is 0 Å². The zero-order chi connectivity index (χ0) is 12.4. The molecule has 3 heterocycles. The highest BCUT2D eigenvalue weighted by atomic mass is 15.3. The van der Waals surface area contributed by atoms with Crippen molar-refractivity contribution in [3.8, 4) is 0 Å². The fourth-order valence-electron chi connectivity index (χ4n) is 3.21. The Balaban J connectivity index is 1.59. The maximum Gasteiger partial charge on any atom is 0.0372 e. The van der Waals surface area contributed by atoms with Crippen molar-refractivity contribution in [2.45, 2.75) is 38.8 Å². The molecule has 0 amide bonds. The van der Waals surface area contributed by atoms with Crippen LogP contribution in [0, 0.1) is 6.92 Å². The summed E-state index contributed by atoms with van der Waals surface area (Å²) in [5, 5.41) is 0. The molecular formula is C15H23N3. The van der Waals surface area contributed by atoms with E-state index in [0.717, 1.165) is 18.3 Å². The van der Waals surface area contributed by atoms with Crippen molar-refractivity contribution in [2.75, 3.05) is 26.2 Å². The molecule has 0 bridgehead atoms. The molecule has 1 aromatic heterocycles. The third-order valence-electron chi connectivity index (χ3n) is 4.30. The zero-order valence-electron chi connectivity index (χ0n) is 11.3. The van der Waals surface area contributed by atoms with Crippen LogP contribution in [-0.4, -0.2) is 47.0 Å². The van der Waals surface area contributed by atoms with Crippen molar-refractivity contribution in [1.82, 2.24) is 14.8 Å². The lowest BCUT2D eigenvalue weighted by Gasteiger charge is -2.44. The van der Waals surface area contributed by atoms with E-state index in [1.807, 2.05) is 13.1 Å². The van der Waals surface area contributed by atoms with Crippen molar-refractivity contribution >= 4 is 0 Å². The van der Waals surface area contributed by atoms with E-state index in [-0.39, 0.29) is 0 Å². The van der Waals surface area contributed by atoms with Crippen LogP contribution >= 0.6 is 0 Å². The van der Waals surface area contributed by atoms with Crippen molar-refractivity contribution in [1.29, 1.82) is 0 Å². The molecule has 3 rings (SSSR count). The van der Waals surface area contributed by atoms with Crippen LogP contribution in [0.3, 0.4) is 0 Å². The Labute approximate surface area is 110 Å². The van der Waals surface area contributed by atoms with Crippen LogP contribution in [0.4, 0.5) is 0 Å². The second-order valence-corrected chi connectivity index (χ2v) is 5.73. The minimum atomic E-state index is 0.811. The minimum Gasteiger partial charge on any atom is -0.298 e. The maximum atomic E-state index is 4.39. The monoisotopic (exact) mass is 245 g/mol. The Kier molecular flexibility index (Phi) is 3.62. The molecule has 0 aromatic carbocycles. The standard InChI is InChI=1S/C15H23N3/c1-13-5-6-14(10-16-13)11-17-8-9-18-7-3-2-4-15(18)12-17/h5-6,10,15H,2-4,7-9,11-12H2,1H3. The van der Waals surface area contributed by atoms with Gasteiger partial charge >= 0.3 is 0 Å². The summed E-state index contributed by atoms with van der Waals surface area (Å²) >= 11 is 0. The highest BCUT2D eigenvalue weighted by Crippen LogP contribution is 2.21. The van der Waals surface area contributed by atoms with Gasteiger partial charge in [0, 0.05) is 44.1 Å². The van der Waals surface area contributed by atoms with Crippen LogP contribution in [-0.2, 0) is 6.54 Å². The first-order chi connectivity index (χ1) is 8.81. The summed E-state index contributed by atoms with van der Waals surface area (Å²) in [5.74, 6) is 0. The highest BCUT2D eigenvalue weighted by molar-refractivity contribution is 5.13. The van der Waals surface area contributed by atoms with Gasteiger partial charge in [-0.1, -0.05) is 12.5 Å². The van der Waals surface area contributed by atoms with E-state index < -0.39 is 0 Å². The largest absolute Gasteiger partial charge is 0.298 e. The van der Waals surface area contributed by atoms with Gasteiger partial charge in [0.05, 0.1) is 0 Å². The van der Waals surface area contributed by atoms with Gasteiger partial charge in [0.2, 0.25) is 0 Å². The number of piperidine rings is 1. The predicted octanol–water partition coefficient (Wildman–Crippen LogP) is 2.06. The molecule has 0 aliphatic carbocycles. The number of hydrogen-bond donors (Lipinski definition) is 0. The quantitative estimate of drug-likeness (QED) is 0.795. The van der Waals surface area contributed by atoms with Crippen LogP contribution in [0.15, 0.2) is 18.3 Å². The number of nitrogens with zero attached hydrogens (tertiary/aromatic N) is 3. The summed E-state index contributed by atoms with van der Waals surface area (Å²) in [7, 11) is 0. The third-order valence-corrected chi connectivity index (χ3v) is 4.30. The van der Waals surface area contributed by atoms with Gasteiger partial charge in [-0.2, -0.15) is 0 Å². The second-order valence-electron chi connectivity index (χ2n) is 5.73. The number of aryl methyl sites for hydroxylation is 1. The Hall–Kier alpha value is -0.930. The Morgan fingerprint density at radius 2 is 2.17 bits per heavy atom. The van der Waals surface area contributed by atoms with E-state index in [4.69, 9.17) is 0 Å². The maximum absolute atomic E-state index is 4.39. The van der Waals surface area contributed by atoms with Gasteiger partial charge in [0.15, 0.2) is 0 Å². The summed E-state index contributed by atoms with van der Waals surface area (Å²) in [6.07, 6.45) is 6.24. The van der Waals surface area contributed by atoms with E-state index in [9.17, 15) is 0 Å². The molecule has 1 unspecified atom stereocenters. The molecule has 0 spiro atoms. The van der Waals surface area contributed by atoms with Gasteiger partial charge in [-0.25, -0.2) is 0 Å². The van der Waals surface area contributed by atoms with E-state index >= 15 is 0 Å². The molecule has 2 saturated heterocycles. The van der Waals surface area contributed by atoms with E-state index in [1.54, 1.807) is 0 Å². The fraction of sp³-hybridized carbons (Fsp3) is 0.667. The molecule has 1 aromatic rings. The van der Waals surface area contributed by atoms with Crippen molar-refractivity contribution in [2.24, 2.45) is 0 Å². The van der Waals surface area contributed by atoms with Crippen LogP contribution in [0.25, 0.3) is 0 Å². The SMILES string of the molecule is Cc1ccc(CN2CCN3CCCCC3C2)cn1. The topological polar surface area (TPSA) is 19.4 Å². The first-order valence-corrected chi connectivity index (χ1v) is 7.19. The number of hydrogen-bond acceptors (Lipinski definition) is 3. The molecule has 3 nitrogen and oxygen atoms in total. The van der Waals surface area contributed by atoms with Crippen molar-refractivity contribution in [3.63, 3.8) is 0 Å². The lowest BCUT2D eigenvalue weighted by molar-refractivity contribution is 0.0456. The molecule has 3 heteroatoms. The molecule has 2 aliphatic heterocycles. The van der Waals surface area contributed by atoms with Gasteiger partial charge in [0.25, 0.3) is 0 Å². The molecule has 0 radical (unpaired) electrons. The lowest BCUT2D eigenvalue weighted by atomic mass is 9.99.